The maximum absolute atomic E-state index is 12.7. The van der Waals surface area contributed by atoms with Gasteiger partial charge in [-0.05, 0) is 78.8 Å². The van der Waals surface area contributed by atoms with E-state index in [1.54, 1.807) is 0 Å². The topological polar surface area (TPSA) is 34.1 Å². The van der Waals surface area contributed by atoms with Gasteiger partial charge < -0.3 is 0 Å². The van der Waals surface area contributed by atoms with Crippen LogP contribution in [0.1, 0.15) is 32.1 Å². The van der Waals surface area contributed by atoms with Gasteiger partial charge in [0.1, 0.15) is 0 Å². The summed E-state index contributed by atoms with van der Waals surface area (Å²) in [6.45, 7) is 0. The lowest BCUT2D eigenvalue weighted by Gasteiger charge is -2.18. The Morgan fingerprint density at radius 3 is 1.56 bits per heavy atom. The average Bonchev–Trinajstić information content (AvgIpc) is 3.39. The molecule has 2 nitrogen and oxygen atoms in total. The van der Waals surface area contributed by atoms with Gasteiger partial charge in [0.05, 0.1) is 0 Å². The first-order valence-corrected chi connectivity index (χ1v) is 10.1. The standard InChI is InChI=1S/C23H24O2/c24-22-16(10-18-12-4-6-14(8-12)20(18)22)2-1-3-17-11-19-13-5-7-15(9-13)21(19)23(17)25/h4-7,10-15,18-21H,1-3,8-9H2. The van der Waals surface area contributed by atoms with Crippen molar-refractivity contribution in [1.29, 1.82) is 0 Å². The van der Waals surface area contributed by atoms with Crippen molar-refractivity contribution in [2.75, 3.05) is 0 Å². The van der Waals surface area contributed by atoms with Gasteiger partial charge in [0.15, 0.2) is 11.6 Å². The summed E-state index contributed by atoms with van der Waals surface area (Å²) in [4.78, 5) is 25.5. The molecule has 0 saturated heterocycles. The van der Waals surface area contributed by atoms with Crippen molar-refractivity contribution in [3.8, 4) is 0 Å². The number of hydrogen-bond acceptors (Lipinski definition) is 2. The summed E-state index contributed by atoms with van der Waals surface area (Å²) < 4.78 is 0. The second-order valence-electron chi connectivity index (χ2n) is 9.07. The van der Waals surface area contributed by atoms with Crippen molar-refractivity contribution in [2.24, 2.45) is 47.3 Å². The monoisotopic (exact) mass is 332 g/mol. The van der Waals surface area contributed by atoms with Crippen LogP contribution in [-0.4, -0.2) is 11.6 Å². The average molecular weight is 332 g/mol. The molecule has 128 valence electrons. The lowest BCUT2D eigenvalue weighted by molar-refractivity contribution is -0.120. The van der Waals surface area contributed by atoms with Gasteiger partial charge in [-0.1, -0.05) is 36.5 Å². The molecule has 0 aromatic heterocycles. The van der Waals surface area contributed by atoms with E-state index in [9.17, 15) is 9.59 Å². The lowest BCUT2D eigenvalue weighted by atomic mass is 9.84. The van der Waals surface area contributed by atoms with E-state index in [1.807, 2.05) is 0 Å². The highest BCUT2D eigenvalue weighted by molar-refractivity contribution is 6.02. The summed E-state index contributed by atoms with van der Waals surface area (Å²) in [5.74, 6) is 4.49. The Hall–Kier alpha value is -1.70. The number of Topliss-reactive ketones (excluding diaryl/α,β-unsaturated/α-hetero) is 2. The van der Waals surface area contributed by atoms with Crippen LogP contribution in [0, 0.1) is 47.3 Å². The van der Waals surface area contributed by atoms with Crippen molar-refractivity contribution in [1.82, 2.24) is 0 Å². The van der Waals surface area contributed by atoms with Gasteiger partial charge in [0.25, 0.3) is 0 Å². The zero-order valence-corrected chi connectivity index (χ0v) is 14.4. The van der Waals surface area contributed by atoms with E-state index in [0.29, 0.717) is 47.1 Å². The summed E-state index contributed by atoms with van der Waals surface area (Å²) in [5.41, 5.74) is 2.11. The zero-order chi connectivity index (χ0) is 16.7. The van der Waals surface area contributed by atoms with E-state index in [4.69, 9.17) is 0 Å². The molecule has 25 heavy (non-hydrogen) atoms. The normalized spacial score (nSPS) is 47.7. The largest absolute Gasteiger partial charge is 0.294 e. The molecule has 6 rings (SSSR count). The van der Waals surface area contributed by atoms with Gasteiger partial charge in [-0.25, -0.2) is 0 Å². The van der Waals surface area contributed by atoms with Gasteiger partial charge in [-0.3, -0.25) is 9.59 Å². The maximum Gasteiger partial charge on any atom is 0.162 e. The molecule has 0 N–H and O–H groups in total. The molecule has 6 aliphatic rings. The summed E-state index contributed by atoms with van der Waals surface area (Å²) >= 11 is 0. The number of ketones is 2. The summed E-state index contributed by atoms with van der Waals surface area (Å²) in [5, 5.41) is 0. The molecule has 4 bridgehead atoms. The third-order valence-electron chi connectivity index (χ3n) is 7.96. The first-order chi connectivity index (χ1) is 12.2. The number of carbonyl (C=O) groups is 2. The van der Waals surface area contributed by atoms with E-state index >= 15 is 0 Å². The Labute approximate surface area is 148 Å². The Morgan fingerprint density at radius 2 is 1.12 bits per heavy atom. The Balaban J connectivity index is 1.11. The van der Waals surface area contributed by atoms with Crippen molar-refractivity contribution < 1.29 is 9.59 Å². The minimum absolute atomic E-state index is 0.249. The second kappa shape index (κ2) is 4.93. The maximum atomic E-state index is 12.7. The molecule has 0 heterocycles. The fourth-order valence-corrected chi connectivity index (χ4v) is 6.85. The Bertz CT molecular complexity index is 729. The molecule has 0 aromatic carbocycles. The van der Waals surface area contributed by atoms with Gasteiger partial charge in [-0.2, -0.15) is 0 Å². The van der Waals surface area contributed by atoms with Crippen LogP contribution in [0.4, 0.5) is 0 Å². The highest BCUT2D eigenvalue weighted by atomic mass is 16.1. The molecular weight excluding hydrogens is 308 g/mol. The van der Waals surface area contributed by atoms with Crippen LogP contribution < -0.4 is 0 Å². The van der Waals surface area contributed by atoms with Crippen LogP contribution in [0.2, 0.25) is 0 Å². The van der Waals surface area contributed by atoms with Crippen LogP contribution >= 0.6 is 0 Å². The molecule has 0 amide bonds. The summed E-state index contributed by atoms with van der Waals surface area (Å²) in [6, 6.07) is 0. The van der Waals surface area contributed by atoms with Crippen LogP contribution in [0.15, 0.2) is 47.6 Å². The molecular formula is C23H24O2. The molecule has 0 aliphatic heterocycles. The number of rotatable bonds is 4. The van der Waals surface area contributed by atoms with Gasteiger partial charge in [-0.15, -0.1) is 0 Å². The third-order valence-corrected chi connectivity index (χ3v) is 7.96. The fraction of sp³-hybridized carbons (Fsp3) is 0.565. The van der Waals surface area contributed by atoms with Crippen LogP contribution in [0.5, 0.6) is 0 Å². The van der Waals surface area contributed by atoms with Crippen molar-refractivity contribution >= 4 is 11.6 Å². The highest BCUT2D eigenvalue weighted by Crippen LogP contribution is 2.55. The van der Waals surface area contributed by atoms with E-state index in [1.165, 1.54) is 12.8 Å². The predicted octanol–water partition coefficient (Wildman–Crippen LogP) is 4.05. The number of carbonyl (C=O) groups excluding carboxylic acids is 2. The van der Waals surface area contributed by atoms with Crippen LogP contribution in [0.3, 0.4) is 0 Å². The molecule has 8 atom stereocenters. The van der Waals surface area contributed by atoms with Crippen molar-refractivity contribution in [2.45, 2.75) is 32.1 Å². The molecule has 0 radical (unpaired) electrons. The number of hydrogen-bond donors (Lipinski definition) is 0. The SMILES string of the molecule is O=C1C(CCCC2=CC3C4C=CC(C4)C3C2=O)=CC2C3C=CC(C3)C12. The molecule has 0 aromatic rings. The predicted molar refractivity (Wildman–Crippen MR) is 95.5 cm³/mol. The van der Waals surface area contributed by atoms with Crippen LogP contribution in [0.25, 0.3) is 0 Å². The minimum Gasteiger partial charge on any atom is -0.294 e. The second-order valence-corrected chi connectivity index (χ2v) is 9.07. The van der Waals surface area contributed by atoms with Crippen LogP contribution in [-0.2, 0) is 9.59 Å². The van der Waals surface area contributed by atoms with Crippen molar-refractivity contribution in [3.05, 3.63) is 47.6 Å². The van der Waals surface area contributed by atoms with Gasteiger partial charge in [0, 0.05) is 11.8 Å². The molecule has 2 saturated carbocycles. The first-order valence-electron chi connectivity index (χ1n) is 10.1. The highest BCUT2D eigenvalue weighted by Gasteiger charge is 2.52. The van der Waals surface area contributed by atoms with Crippen molar-refractivity contribution in [3.63, 3.8) is 0 Å². The van der Waals surface area contributed by atoms with Gasteiger partial charge >= 0.3 is 0 Å². The molecule has 2 fully saturated rings. The Morgan fingerprint density at radius 1 is 0.680 bits per heavy atom. The first kappa shape index (κ1) is 14.5. The summed E-state index contributed by atoms with van der Waals surface area (Å²) in [7, 11) is 0. The Kier molecular flexibility index (Phi) is 2.85. The third kappa shape index (κ3) is 1.86. The lowest BCUT2D eigenvalue weighted by Crippen LogP contribution is -2.21. The molecule has 0 spiro atoms. The molecule has 6 aliphatic carbocycles. The smallest absolute Gasteiger partial charge is 0.162 e. The van der Waals surface area contributed by atoms with E-state index in [0.717, 1.165) is 30.4 Å². The van der Waals surface area contributed by atoms with E-state index in [-0.39, 0.29) is 11.8 Å². The molecule has 2 heteroatoms. The fourth-order valence-electron chi connectivity index (χ4n) is 6.85. The summed E-state index contributed by atoms with van der Waals surface area (Å²) in [6.07, 6.45) is 18.8. The quantitative estimate of drug-likeness (QED) is 0.728. The number of allylic oxidation sites excluding steroid dienone is 8. The van der Waals surface area contributed by atoms with Gasteiger partial charge in [0.2, 0.25) is 0 Å². The van der Waals surface area contributed by atoms with E-state index in [2.05, 4.69) is 36.5 Å². The number of fused-ring (bicyclic) bond motifs is 10. The van der Waals surface area contributed by atoms with E-state index < -0.39 is 0 Å². The minimum atomic E-state index is 0.249. The zero-order valence-electron chi connectivity index (χ0n) is 14.4. The molecule has 8 unspecified atom stereocenters.